The molecule has 0 radical (unpaired) electrons. The topological polar surface area (TPSA) is 68.0 Å². The second kappa shape index (κ2) is 4.97. The molecule has 2 rings (SSSR count). The SMILES string of the molecule is Nc1ccc(C(=O)Nc2cc(F)cc(F)c2F)cn1. The summed E-state index contributed by atoms with van der Waals surface area (Å²) < 4.78 is 39.2. The largest absolute Gasteiger partial charge is 0.384 e. The van der Waals surface area contributed by atoms with Crippen LogP contribution in [-0.4, -0.2) is 10.9 Å². The molecule has 0 atom stereocenters. The number of aromatic nitrogens is 1. The lowest BCUT2D eigenvalue weighted by molar-refractivity contribution is 0.102. The maximum absolute atomic E-state index is 13.3. The van der Waals surface area contributed by atoms with Gasteiger partial charge in [0.25, 0.3) is 5.91 Å². The number of nitrogens with two attached hydrogens (primary N) is 1. The Morgan fingerprint density at radius 1 is 1.21 bits per heavy atom. The predicted octanol–water partition coefficient (Wildman–Crippen LogP) is 2.33. The molecule has 3 N–H and O–H groups in total. The standard InChI is InChI=1S/C12H8F3N3O/c13-7-3-8(14)11(15)9(4-7)18-12(19)6-1-2-10(16)17-5-6/h1-5H,(H2,16,17)(H,18,19). The van der Waals surface area contributed by atoms with Crippen LogP contribution in [0.25, 0.3) is 0 Å². The van der Waals surface area contributed by atoms with Gasteiger partial charge in [-0.1, -0.05) is 0 Å². The molecule has 0 saturated carbocycles. The van der Waals surface area contributed by atoms with Gasteiger partial charge in [0.2, 0.25) is 0 Å². The Morgan fingerprint density at radius 3 is 2.58 bits per heavy atom. The molecule has 0 saturated heterocycles. The Balaban J connectivity index is 2.26. The molecule has 19 heavy (non-hydrogen) atoms. The van der Waals surface area contributed by atoms with Gasteiger partial charge in [0, 0.05) is 18.3 Å². The molecule has 1 heterocycles. The Morgan fingerprint density at radius 2 is 1.95 bits per heavy atom. The van der Waals surface area contributed by atoms with Gasteiger partial charge >= 0.3 is 0 Å². The molecule has 0 fully saturated rings. The minimum absolute atomic E-state index is 0.0817. The van der Waals surface area contributed by atoms with Crippen LogP contribution < -0.4 is 11.1 Å². The zero-order valence-electron chi connectivity index (χ0n) is 9.45. The van der Waals surface area contributed by atoms with Crippen molar-refractivity contribution in [3.8, 4) is 0 Å². The summed E-state index contributed by atoms with van der Waals surface area (Å²) in [5.41, 5.74) is 4.84. The Hall–Kier alpha value is -2.57. The summed E-state index contributed by atoms with van der Waals surface area (Å²) >= 11 is 0. The zero-order valence-corrected chi connectivity index (χ0v) is 9.45. The number of nitrogens with zero attached hydrogens (tertiary/aromatic N) is 1. The van der Waals surface area contributed by atoms with Gasteiger partial charge in [-0.2, -0.15) is 0 Å². The molecular weight excluding hydrogens is 259 g/mol. The molecule has 4 nitrogen and oxygen atoms in total. The molecule has 7 heteroatoms. The number of benzene rings is 1. The van der Waals surface area contributed by atoms with Gasteiger partial charge in [0.15, 0.2) is 11.6 Å². The predicted molar refractivity (Wildman–Crippen MR) is 62.9 cm³/mol. The number of carbonyl (C=O) groups is 1. The zero-order chi connectivity index (χ0) is 14.0. The van der Waals surface area contributed by atoms with Crippen LogP contribution in [0.3, 0.4) is 0 Å². The summed E-state index contributed by atoms with van der Waals surface area (Å²) in [5.74, 6) is -4.26. The summed E-state index contributed by atoms with van der Waals surface area (Å²) in [6.07, 6.45) is 1.16. The smallest absolute Gasteiger partial charge is 0.257 e. The highest BCUT2D eigenvalue weighted by atomic mass is 19.2. The molecule has 1 aromatic heterocycles. The first kappa shape index (κ1) is 12.9. The fourth-order valence-corrected chi connectivity index (χ4v) is 1.38. The molecule has 1 aromatic carbocycles. The van der Waals surface area contributed by atoms with E-state index < -0.39 is 29.0 Å². The first-order valence-electron chi connectivity index (χ1n) is 5.15. The first-order chi connectivity index (χ1) is 8.97. The van der Waals surface area contributed by atoms with E-state index >= 15 is 0 Å². The number of hydrogen-bond donors (Lipinski definition) is 2. The highest BCUT2D eigenvalue weighted by Crippen LogP contribution is 2.19. The second-order valence-electron chi connectivity index (χ2n) is 3.68. The fraction of sp³-hybridized carbons (Fsp3) is 0. The highest BCUT2D eigenvalue weighted by Gasteiger charge is 2.14. The minimum Gasteiger partial charge on any atom is -0.384 e. The van der Waals surface area contributed by atoms with E-state index in [1.54, 1.807) is 0 Å². The van der Waals surface area contributed by atoms with Crippen LogP contribution >= 0.6 is 0 Å². The third-order valence-electron chi connectivity index (χ3n) is 2.29. The molecule has 0 aliphatic rings. The average Bonchev–Trinajstić information content (AvgIpc) is 2.36. The lowest BCUT2D eigenvalue weighted by Gasteiger charge is -2.07. The molecule has 2 aromatic rings. The fourth-order valence-electron chi connectivity index (χ4n) is 1.38. The van der Waals surface area contributed by atoms with Crippen LogP contribution in [0.2, 0.25) is 0 Å². The van der Waals surface area contributed by atoms with Crippen LogP contribution in [0.4, 0.5) is 24.7 Å². The van der Waals surface area contributed by atoms with Crippen LogP contribution in [-0.2, 0) is 0 Å². The van der Waals surface area contributed by atoms with Crippen molar-refractivity contribution in [1.29, 1.82) is 0 Å². The van der Waals surface area contributed by atoms with Crippen molar-refractivity contribution in [2.75, 3.05) is 11.1 Å². The molecule has 1 amide bonds. The van der Waals surface area contributed by atoms with Gasteiger partial charge in [0.05, 0.1) is 11.3 Å². The molecule has 98 valence electrons. The van der Waals surface area contributed by atoms with Crippen LogP contribution in [0, 0.1) is 17.5 Å². The van der Waals surface area contributed by atoms with E-state index in [2.05, 4.69) is 10.3 Å². The minimum atomic E-state index is -1.38. The summed E-state index contributed by atoms with van der Waals surface area (Å²) in [7, 11) is 0. The van der Waals surface area contributed by atoms with Crippen molar-refractivity contribution in [3.63, 3.8) is 0 Å². The summed E-state index contributed by atoms with van der Waals surface area (Å²) in [6, 6.07) is 3.79. The normalized spacial score (nSPS) is 10.3. The molecule has 0 bridgehead atoms. The Kier molecular flexibility index (Phi) is 3.37. The highest BCUT2D eigenvalue weighted by molar-refractivity contribution is 6.04. The second-order valence-corrected chi connectivity index (χ2v) is 3.68. The lowest BCUT2D eigenvalue weighted by atomic mass is 10.2. The van der Waals surface area contributed by atoms with Crippen molar-refractivity contribution < 1.29 is 18.0 Å². The van der Waals surface area contributed by atoms with Crippen LogP contribution in [0.5, 0.6) is 0 Å². The maximum Gasteiger partial charge on any atom is 0.257 e. The molecular formula is C12H8F3N3O. The Bertz CT molecular complexity index is 629. The number of nitrogens with one attached hydrogen (secondary N) is 1. The van der Waals surface area contributed by atoms with E-state index in [-0.39, 0.29) is 11.4 Å². The number of nitrogen functional groups attached to an aromatic ring is 1. The average molecular weight is 267 g/mol. The number of halogens is 3. The third-order valence-corrected chi connectivity index (χ3v) is 2.29. The van der Waals surface area contributed by atoms with Gasteiger partial charge in [0.1, 0.15) is 11.6 Å². The molecule has 0 spiro atoms. The van der Waals surface area contributed by atoms with Crippen LogP contribution in [0.1, 0.15) is 10.4 Å². The van der Waals surface area contributed by atoms with Crippen molar-refractivity contribution in [3.05, 3.63) is 53.5 Å². The number of rotatable bonds is 2. The van der Waals surface area contributed by atoms with Gasteiger partial charge in [-0.3, -0.25) is 4.79 Å². The number of carbonyl (C=O) groups excluding carboxylic acids is 1. The molecule has 0 aliphatic heterocycles. The summed E-state index contributed by atoms with van der Waals surface area (Å²) in [4.78, 5) is 15.4. The van der Waals surface area contributed by atoms with Gasteiger partial charge in [-0.15, -0.1) is 0 Å². The summed E-state index contributed by atoms with van der Waals surface area (Å²) in [5, 5.41) is 2.05. The van der Waals surface area contributed by atoms with Gasteiger partial charge in [-0.05, 0) is 12.1 Å². The van der Waals surface area contributed by atoms with E-state index in [0.717, 1.165) is 6.20 Å². The van der Waals surface area contributed by atoms with E-state index in [1.807, 2.05) is 0 Å². The first-order valence-corrected chi connectivity index (χ1v) is 5.15. The molecule has 0 unspecified atom stereocenters. The monoisotopic (exact) mass is 267 g/mol. The van der Waals surface area contributed by atoms with Crippen LogP contribution in [0.15, 0.2) is 30.5 Å². The number of amides is 1. The van der Waals surface area contributed by atoms with E-state index in [1.165, 1.54) is 12.1 Å². The van der Waals surface area contributed by atoms with Crippen molar-refractivity contribution in [2.24, 2.45) is 0 Å². The van der Waals surface area contributed by atoms with E-state index in [9.17, 15) is 18.0 Å². The maximum atomic E-state index is 13.3. The van der Waals surface area contributed by atoms with Gasteiger partial charge < -0.3 is 11.1 Å². The molecule has 0 aliphatic carbocycles. The number of pyridine rings is 1. The van der Waals surface area contributed by atoms with E-state index in [4.69, 9.17) is 5.73 Å². The Labute approximate surface area is 106 Å². The van der Waals surface area contributed by atoms with Crippen molar-refractivity contribution in [2.45, 2.75) is 0 Å². The van der Waals surface area contributed by atoms with Crippen molar-refractivity contribution >= 4 is 17.4 Å². The number of anilines is 2. The third kappa shape index (κ3) is 2.82. The quantitative estimate of drug-likeness (QED) is 0.820. The summed E-state index contributed by atoms with van der Waals surface area (Å²) in [6.45, 7) is 0. The number of hydrogen-bond acceptors (Lipinski definition) is 3. The van der Waals surface area contributed by atoms with Crippen molar-refractivity contribution in [1.82, 2.24) is 4.98 Å². The lowest BCUT2D eigenvalue weighted by Crippen LogP contribution is -2.14. The van der Waals surface area contributed by atoms with Gasteiger partial charge in [-0.25, -0.2) is 18.2 Å². The van der Waals surface area contributed by atoms with E-state index in [0.29, 0.717) is 12.1 Å².